The van der Waals surface area contributed by atoms with Crippen LogP contribution in [0, 0.1) is 0 Å². The van der Waals surface area contributed by atoms with Crippen LogP contribution in [-0.2, 0) is 6.18 Å². The van der Waals surface area contributed by atoms with Crippen molar-refractivity contribution in [2.75, 3.05) is 18.9 Å². The van der Waals surface area contributed by atoms with Crippen LogP contribution >= 0.6 is 0 Å². The highest BCUT2D eigenvalue weighted by Crippen LogP contribution is 2.32. The predicted molar refractivity (Wildman–Crippen MR) is 76.1 cm³/mol. The number of pyridine rings is 1. The van der Waals surface area contributed by atoms with E-state index in [0.29, 0.717) is 18.6 Å². The van der Waals surface area contributed by atoms with Gasteiger partial charge in [-0.2, -0.15) is 13.2 Å². The van der Waals surface area contributed by atoms with Gasteiger partial charge < -0.3 is 10.5 Å². The van der Waals surface area contributed by atoms with E-state index in [1.165, 1.54) is 0 Å². The molecule has 0 fully saturated rings. The third kappa shape index (κ3) is 5.08. The summed E-state index contributed by atoms with van der Waals surface area (Å²) < 4.78 is 43.2. The molecule has 0 saturated heterocycles. The fourth-order valence-electron chi connectivity index (χ4n) is 2.10. The largest absolute Gasteiger partial charge is 0.490 e. The maximum Gasteiger partial charge on any atom is 0.433 e. The molecule has 2 N–H and O–H groups in total. The molecule has 1 rings (SSSR count). The lowest BCUT2D eigenvalue weighted by Crippen LogP contribution is -2.39. The van der Waals surface area contributed by atoms with Gasteiger partial charge in [-0.05, 0) is 27.7 Å². The highest BCUT2D eigenvalue weighted by Gasteiger charge is 2.33. The molecule has 7 heteroatoms. The van der Waals surface area contributed by atoms with Crippen LogP contribution in [0.4, 0.5) is 18.9 Å². The first-order valence-electron chi connectivity index (χ1n) is 6.84. The second-order valence-electron chi connectivity index (χ2n) is 5.38. The summed E-state index contributed by atoms with van der Waals surface area (Å²) in [5.74, 6) is 0.0183. The zero-order valence-electron chi connectivity index (χ0n) is 12.7. The first-order valence-corrected chi connectivity index (χ1v) is 6.84. The van der Waals surface area contributed by atoms with Gasteiger partial charge in [0.05, 0.1) is 11.9 Å². The minimum Gasteiger partial charge on any atom is -0.490 e. The molecular formula is C14H22F3N3O. The molecule has 1 heterocycles. The van der Waals surface area contributed by atoms with Gasteiger partial charge >= 0.3 is 6.18 Å². The molecular weight excluding hydrogens is 283 g/mol. The molecule has 1 aromatic rings. The van der Waals surface area contributed by atoms with Crippen molar-refractivity contribution in [1.82, 2.24) is 9.88 Å². The molecule has 0 unspecified atom stereocenters. The number of rotatable bonds is 6. The van der Waals surface area contributed by atoms with Crippen LogP contribution in [0.1, 0.15) is 33.4 Å². The van der Waals surface area contributed by atoms with Crippen molar-refractivity contribution in [1.29, 1.82) is 0 Å². The molecule has 4 nitrogen and oxygen atoms in total. The summed E-state index contributed by atoms with van der Waals surface area (Å²) in [6, 6.07) is 1.49. The number of nitrogen functional groups attached to an aromatic ring is 1. The van der Waals surface area contributed by atoms with E-state index >= 15 is 0 Å². The molecule has 0 amide bonds. The topological polar surface area (TPSA) is 51.4 Å². The Labute approximate surface area is 123 Å². The molecule has 0 bridgehead atoms. The maximum atomic E-state index is 12.6. The maximum absolute atomic E-state index is 12.6. The summed E-state index contributed by atoms with van der Waals surface area (Å²) in [6.45, 7) is 9.11. The minimum absolute atomic E-state index is 0.0183. The number of ether oxygens (including phenoxy) is 1. The Balaban J connectivity index is 2.71. The van der Waals surface area contributed by atoms with Crippen molar-refractivity contribution in [3.05, 3.63) is 18.0 Å². The van der Waals surface area contributed by atoms with E-state index in [1.54, 1.807) is 0 Å². The molecule has 0 aliphatic carbocycles. The molecule has 0 atom stereocenters. The summed E-state index contributed by atoms with van der Waals surface area (Å²) in [5, 5.41) is 0. The Morgan fingerprint density at radius 2 is 1.81 bits per heavy atom. The number of hydrogen-bond acceptors (Lipinski definition) is 4. The van der Waals surface area contributed by atoms with Crippen LogP contribution in [0.3, 0.4) is 0 Å². The highest BCUT2D eigenvalue weighted by molar-refractivity contribution is 5.51. The van der Waals surface area contributed by atoms with Crippen molar-refractivity contribution in [2.45, 2.75) is 46.0 Å². The van der Waals surface area contributed by atoms with Crippen molar-refractivity contribution in [3.8, 4) is 5.75 Å². The van der Waals surface area contributed by atoms with Crippen LogP contribution in [0.5, 0.6) is 5.75 Å². The van der Waals surface area contributed by atoms with Gasteiger partial charge in [-0.1, -0.05) is 0 Å². The second kappa shape index (κ2) is 6.98. The summed E-state index contributed by atoms with van der Waals surface area (Å²) in [6.07, 6.45) is -3.53. The third-order valence-electron chi connectivity index (χ3n) is 3.12. The number of hydrogen-bond donors (Lipinski definition) is 1. The van der Waals surface area contributed by atoms with E-state index in [0.717, 1.165) is 12.3 Å². The fraction of sp³-hybridized carbons (Fsp3) is 0.643. The lowest BCUT2D eigenvalue weighted by molar-refractivity contribution is -0.141. The molecule has 1 aromatic heterocycles. The van der Waals surface area contributed by atoms with Crippen molar-refractivity contribution in [2.24, 2.45) is 0 Å². The van der Waals surface area contributed by atoms with E-state index < -0.39 is 11.9 Å². The number of nitrogens with zero attached hydrogens (tertiary/aromatic N) is 2. The van der Waals surface area contributed by atoms with Gasteiger partial charge in [-0.3, -0.25) is 4.90 Å². The Bertz CT molecular complexity index is 453. The van der Waals surface area contributed by atoms with Crippen molar-refractivity contribution >= 4 is 5.69 Å². The first-order chi connectivity index (χ1) is 9.62. The van der Waals surface area contributed by atoms with Gasteiger partial charge in [0.1, 0.15) is 18.1 Å². The van der Waals surface area contributed by atoms with E-state index in [-0.39, 0.29) is 18.0 Å². The predicted octanol–water partition coefficient (Wildman–Crippen LogP) is 3.18. The minimum atomic E-state index is -4.51. The smallest absolute Gasteiger partial charge is 0.433 e. The van der Waals surface area contributed by atoms with Crippen LogP contribution < -0.4 is 10.5 Å². The first kappa shape index (κ1) is 17.6. The van der Waals surface area contributed by atoms with Crippen molar-refractivity contribution < 1.29 is 17.9 Å². The van der Waals surface area contributed by atoms with E-state index in [1.807, 2.05) is 0 Å². The van der Waals surface area contributed by atoms with Crippen LogP contribution in [-0.4, -0.2) is 35.1 Å². The van der Waals surface area contributed by atoms with Crippen LogP contribution in [0.15, 0.2) is 12.3 Å². The van der Waals surface area contributed by atoms with Gasteiger partial charge in [0.25, 0.3) is 0 Å². The zero-order valence-corrected chi connectivity index (χ0v) is 12.7. The van der Waals surface area contributed by atoms with Gasteiger partial charge in [0.15, 0.2) is 0 Å². The SMILES string of the molecule is CC(C)N(CCOc1cc(C(F)(F)F)ncc1N)C(C)C. The molecule has 0 saturated carbocycles. The number of halogens is 3. The van der Waals surface area contributed by atoms with Gasteiger partial charge in [-0.15, -0.1) is 0 Å². The number of alkyl halides is 3. The molecule has 0 aliphatic rings. The third-order valence-corrected chi connectivity index (χ3v) is 3.12. The average molecular weight is 305 g/mol. The molecule has 120 valence electrons. The van der Waals surface area contributed by atoms with Crippen LogP contribution in [0.2, 0.25) is 0 Å². The zero-order chi connectivity index (χ0) is 16.2. The monoisotopic (exact) mass is 305 g/mol. The molecule has 0 spiro atoms. The number of nitrogens with two attached hydrogens (primary N) is 1. The number of anilines is 1. The summed E-state index contributed by atoms with van der Waals surface area (Å²) >= 11 is 0. The van der Waals surface area contributed by atoms with Crippen molar-refractivity contribution in [3.63, 3.8) is 0 Å². The Kier molecular flexibility index (Phi) is 5.83. The van der Waals surface area contributed by atoms with Gasteiger partial charge in [0.2, 0.25) is 0 Å². The standard InChI is InChI=1S/C14H22F3N3O/c1-9(2)20(10(3)4)5-6-21-12-7-13(14(15,16)17)19-8-11(12)18/h7-10H,5-6,18H2,1-4H3. The molecule has 0 aliphatic heterocycles. The average Bonchev–Trinajstić information content (AvgIpc) is 2.34. The second-order valence-corrected chi connectivity index (χ2v) is 5.38. The Morgan fingerprint density at radius 1 is 1.24 bits per heavy atom. The lowest BCUT2D eigenvalue weighted by atomic mass is 10.2. The van der Waals surface area contributed by atoms with Gasteiger partial charge in [-0.25, -0.2) is 4.98 Å². The normalized spacial score (nSPS) is 12.5. The van der Waals surface area contributed by atoms with Crippen LogP contribution in [0.25, 0.3) is 0 Å². The summed E-state index contributed by atoms with van der Waals surface area (Å²) in [7, 11) is 0. The van der Waals surface area contributed by atoms with E-state index in [2.05, 4.69) is 37.6 Å². The van der Waals surface area contributed by atoms with E-state index in [4.69, 9.17) is 10.5 Å². The quantitative estimate of drug-likeness (QED) is 0.877. The fourth-order valence-corrected chi connectivity index (χ4v) is 2.10. The molecule has 0 aromatic carbocycles. The Morgan fingerprint density at radius 3 is 2.29 bits per heavy atom. The molecule has 0 radical (unpaired) electrons. The lowest BCUT2D eigenvalue weighted by Gasteiger charge is -2.30. The highest BCUT2D eigenvalue weighted by atomic mass is 19.4. The Hall–Kier alpha value is -1.50. The van der Waals surface area contributed by atoms with Gasteiger partial charge in [0, 0.05) is 24.7 Å². The summed E-state index contributed by atoms with van der Waals surface area (Å²) in [4.78, 5) is 5.45. The summed E-state index contributed by atoms with van der Waals surface area (Å²) in [5.41, 5.74) is 4.70. The van der Waals surface area contributed by atoms with E-state index in [9.17, 15) is 13.2 Å². The number of aromatic nitrogens is 1. The molecule has 21 heavy (non-hydrogen) atoms.